The van der Waals surface area contributed by atoms with Gasteiger partial charge in [-0.1, -0.05) is 268 Å². The van der Waals surface area contributed by atoms with Crippen LogP contribution in [0, 0.1) is 13.8 Å². The Hall–Kier alpha value is -4.36. The van der Waals surface area contributed by atoms with Gasteiger partial charge in [0, 0.05) is 28.1 Å². The summed E-state index contributed by atoms with van der Waals surface area (Å²) in [5.74, 6) is 1.62. The molecule has 0 fully saturated rings. The van der Waals surface area contributed by atoms with E-state index in [-0.39, 0.29) is 69.4 Å². The van der Waals surface area contributed by atoms with E-state index in [0.29, 0.717) is 26.3 Å². The number of carbonyl (C=O) groups excluding carboxylic acids is 2. The highest BCUT2D eigenvalue weighted by Crippen LogP contribution is 2.34. The summed E-state index contributed by atoms with van der Waals surface area (Å²) in [7, 11) is 0. The Bertz CT molecular complexity index is 2880. The third-order valence-electron chi connectivity index (χ3n) is 16.1. The molecule has 0 saturated carbocycles. The Labute approximate surface area is 550 Å². The molecule has 0 unspecified atom stereocenters. The van der Waals surface area contributed by atoms with E-state index < -0.39 is 0 Å². The van der Waals surface area contributed by atoms with E-state index in [9.17, 15) is 9.59 Å². The van der Waals surface area contributed by atoms with Crippen LogP contribution in [0.25, 0.3) is 10.0 Å². The Morgan fingerprint density at radius 1 is 0.442 bits per heavy atom. The van der Waals surface area contributed by atoms with E-state index >= 15 is 0 Å². The van der Waals surface area contributed by atoms with Crippen LogP contribution in [0.15, 0.2) is 97.3 Å². The first-order valence-corrected chi connectivity index (χ1v) is 34.4. The predicted octanol–water partition coefficient (Wildman–Crippen LogP) is 13.9. The van der Waals surface area contributed by atoms with Crippen molar-refractivity contribution in [1.29, 1.82) is 0 Å². The molecule has 6 aromatic rings. The first kappa shape index (κ1) is 74.1. The maximum absolute atomic E-state index is 13.6. The van der Waals surface area contributed by atoms with Crippen LogP contribution < -0.4 is 63.2 Å². The molecule has 4 aromatic carbocycles. The number of amides is 2. The fourth-order valence-electron chi connectivity index (χ4n) is 11.1. The Morgan fingerprint density at radius 3 is 1.23 bits per heavy atom. The highest BCUT2D eigenvalue weighted by molar-refractivity contribution is 7.20. The van der Waals surface area contributed by atoms with E-state index in [4.69, 9.17) is 9.47 Å². The molecule has 2 N–H and O–H groups in total. The van der Waals surface area contributed by atoms with Gasteiger partial charge < -0.3 is 54.1 Å². The Morgan fingerprint density at radius 2 is 0.826 bits per heavy atom. The molecule has 2 amide bonds. The maximum atomic E-state index is 13.6. The maximum Gasteiger partial charge on any atom is 0.346 e. The number of carbonyl (C=O) groups is 2. The minimum absolute atomic E-state index is 0. The second-order valence-electron chi connectivity index (χ2n) is 26.0. The lowest BCUT2D eigenvalue weighted by molar-refractivity contribution is -0.701. The number of thiazole rings is 2. The Kier molecular flexibility index (Phi) is 34.1. The van der Waals surface area contributed by atoms with Crippen molar-refractivity contribution in [1.82, 2.24) is 0 Å². The van der Waals surface area contributed by atoms with Gasteiger partial charge in [-0.05, 0) is 90.6 Å². The number of hydrogen-bond donors (Lipinski definition) is 2. The molecule has 0 radical (unpaired) electrons. The molecule has 2 aromatic heterocycles. The van der Waals surface area contributed by atoms with Crippen molar-refractivity contribution in [2.45, 2.75) is 260 Å². The lowest BCUT2D eigenvalue weighted by atomic mass is 9.85. The molecule has 0 aliphatic carbocycles. The minimum atomic E-state index is -0.0655. The normalized spacial score (nSPS) is 11.5. The monoisotopic (exact) mass is 1340 g/mol. The molecular formula is C74H108Br2N4O4S2. The summed E-state index contributed by atoms with van der Waals surface area (Å²) in [4.78, 5) is 29.6. The molecule has 0 atom stereocenters. The molecule has 6 rings (SSSR count). The van der Waals surface area contributed by atoms with Crippen LogP contribution in [-0.2, 0) is 46.4 Å². The minimum Gasteiger partial charge on any atom is -1.00 e. The van der Waals surface area contributed by atoms with Crippen molar-refractivity contribution in [3.05, 3.63) is 140 Å². The standard InChI is InChI=1S/C74H106N4O4S2.2BrH/c1-11-13-15-17-19-21-23-25-27-29-31-33-47-81-67-52-63(73(5,6)7)41-40-62(67)51-70(80)76-65-44-37-60(38-45-65)56-78-54-58(4)84-72(78)71-77(53-57(3)83-71)55-59-35-42-64(43-36-59)75-69(79)50-61-39-46-66(74(8,9)10)68(49-61)82-48-34-32-30-28-26-24-22-20-18-16-14-12-2;;/h35-46,49,52-54H,11-34,47-48,50-51,55-56H2,1-10H3;2*1H. The summed E-state index contributed by atoms with van der Waals surface area (Å²) >= 11 is 3.61. The second kappa shape index (κ2) is 39.6. The van der Waals surface area contributed by atoms with E-state index in [0.717, 1.165) is 58.0 Å². The third kappa shape index (κ3) is 26.8. The first-order chi connectivity index (χ1) is 40.5. The van der Waals surface area contributed by atoms with Crippen molar-refractivity contribution >= 4 is 45.9 Å². The number of anilines is 2. The van der Waals surface area contributed by atoms with Crippen molar-refractivity contribution in [3.63, 3.8) is 0 Å². The molecule has 0 spiro atoms. The van der Waals surface area contributed by atoms with Crippen LogP contribution in [-0.4, -0.2) is 25.0 Å². The van der Waals surface area contributed by atoms with Crippen molar-refractivity contribution < 1.29 is 62.2 Å². The van der Waals surface area contributed by atoms with Gasteiger partial charge in [0.05, 0.1) is 35.8 Å². The third-order valence-corrected chi connectivity index (χ3v) is 18.3. The van der Waals surface area contributed by atoms with Crippen LogP contribution >= 0.6 is 22.7 Å². The molecule has 0 aliphatic rings. The topological polar surface area (TPSA) is 84.4 Å². The predicted molar refractivity (Wildman–Crippen MR) is 357 cm³/mol. The van der Waals surface area contributed by atoms with Gasteiger partial charge in [-0.2, -0.15) is 9.13 Å². The van der Waals surface area contributed by atoms with Gasteiger partial charge in [0.25, 0.3) is 0 Å². The average Bonchev–Trinajstić information content (AvgIpc) is 2.61. The summed E-state index contributed by atoms with van der Waals surface area (Å²) in [6, 6.07) is 29.2. The fourth-order valence-corrected chi connectivity index (χ4v) is 13.2. The van der Waals surface area contributed by atoms with Crippen LogP contribution in [0.1, 0.15) is 253 Å². The summed E-state index contributed by atoms with van der Waals surface area (Å²) in [5.41, 5.74) is 8.04. The van der Waals surface area contributed by atoms with Crippen molar-refractivity contribution in [2.75, 3.05) is 23.8 Å². The van der Waals surface area contributed by atoms with E-state index in [1.165, 1.54) is 172 Å². The lowest BCUT2D eigenvalue weighted by Gasteiger charge is -2.23. The molecular weight excluding hydrogens is 1230 g/mol. The summed E-state index contributed by atoms with van der Waals surface area (Å²) < 4.78 is 17.6. The van der Waals surface area contributed by atoms with Gasteiger partial charge in [0.2, 0.25) is 11.8 Å². The summed E-state index contributed by atoms with van der Waals surface area (Å²) in [6.07, 6.45) is 36.5. The zero-order valence-electron chi connectivity index (χ0n) is 54.6. The fraction of sp³-hybridized carbons (Fsp3) is 0.568. The number of ether oxygens (including phenoxy) is 2. The van der Waals surface area contributed by atoms with Crippen molar-refractivity contribution in [3.8, 4) is 21.5 Å². The van der Waals surface area contributed by atoms with Gasteiger partial charge in [0.1, 0.15) is 11.5 Å². The smallest absolute Gasteiger partial charge is 0.346 e. The van der Waals surface area contributed by atoms with E-state index in [1.54, 1.807) is 22.7 Å². The van der Waals surface area contributed by atoms with E-state index in [2.05, 4.69) is 162 Å². The molecule has 474 valence electrons. The van der Waals surface area contributed by atoms with Crippen LogP contribution in [0.5, 0.6) is 11.5 Å². The van der Waals surface area contributed by atoms with Gasteiger partial charge in [-0.25, -0.2) is 0 Å². The number of halogens is 2. The second-order valence-corrected chi connectivity index (χ2v) is 28.5. The van der Waals surface area contributed by atoms with Gasteiger partial charge in [-0.15, -0.1) is 0 Å². The number of aromatic nitrogens is 2. The van der Waals surface area contributed by atoms with Crippen LogP contribution in [0.2, 0.25) is 0 Å². The zero-order valence-corrected chi connectivity index (χ0v) is 59.4. The van der Waals surface area contributed by atoms with Gasteiger partial charge in [-0.3, -0.25) is 9.59 Å². The number of nitrogens with one attached hydrogen (secondary N) is 2. The molecule has 12 heteroatoms. The number of unbranched alkanes of at least 4 members (excludes halogenated alkanes) is 22. The average molecular weight is 1340 g/mol. The van der Waals surface area contributed by atoms with Gasteiger partial charge in [0.15, 0.2) is 25.5 Å². The van der Waals surface area contributed by atoms with E-state index in [1.807, 2.05) is 24.3 Å². The lowest BCUT2D eigenvalue weighted by Crippen LogP contribution is -3.00. The first-order valence-electron chi connectivity index (χ1n) is 32.8. The molecule has 8 nitrogen and oxygen atoms in total. The molecule has 0 aliphatic heterocycles. The number of aryl methyl sites for hydroxylation is 2. The SMILES string of the molecule is CCCCCCCCCCCCCCOc1cc(C(C)(C)C)ccc1CC(=O)Nc1ccc(C[n+]2cc(C)sc2-c2sc(C)c[n+]2Cc2ccc(NC(=O)Cc3ccc(C(C)(C)C)c(OCCCCCCCCCCCCCC)c3)cc2)cc1.[Br-].[Br-]. The molecule has 0 saturated heterocycles. The number of nitrogens with zero attached hydrogens (tertiary/aromatic N) is 2. The van der Waals surface area contributed by atoms with Crippen molar-refractivity contribution in [2.24, 2.45) is 0 Å². The highest BCUT2D eigenvalue weighted by atomic mass is 79.9. The molecule has 0 bridgehead atoms. The summed E-state index contributed by atoms with van der Waals surface area (Å²) in [6.45, 7) is 25.0. The van der Waals surface area contributed by atoms with Crippen LogP contribution in [0.4, 0.5) is 11.4 Å². The highest BCUT2D eigenvalue weighted by Gasteiger charge is 2.30. The quantitative estimate of drug-likeness (QED) is 0.0297. The zero-order chi connectivity index (χ0) is 60.2. The Balaban J connectivity index is 0.00000792. The number of hydrogen-bond acceptors (Lipinski definition) is 6. The molecule has 2 heterocycles. The molecule has 86 heavy (non-hydrogen) atoms. The largest absolute Gasteiger partial charge is 1.00 e. The number of benzene rings is 4. The number of rotatable bonds is 39. The van der Waals surface area contributed by atoms with Crippen LogP contribution in [0.3, 0.4) is 0 Å². The summed E-state index contributed by atoms with van der Waals surface area (Å²) in [5, 5.41) is 8.73. The van der Waals surface area contributed by atoms with Gasteiger partial charge >= 0.3 is 10.0 Å².